The summed E-state index contributed by atoms with van der Waals surface area (Å²) in [5.41, 5.74) is 5.73. The number of nitrogens with zero attached hydrogens (tertiary/aromatic N) is 2. The molecule has 0 saturated carbocycles. The number of anilines is 1. The minimum Gasteiger partial charge on any atom is -0.383 e. The summed E-state index contributed by atoms with van der Waals surface area (Å²) in [6.07, 6.45) is 0. The van der Waals surface area contributed by atoms with Crippen LogP contribution in [0.3, 0.4) is 0 Å². The van der Waals surface area contributed by atoms with E-state index < -0.39 is 0 Å². The van der Waals surface area contributed by atoms with E-state index in [2.05, 4.69) is 9.97 Å². The molecule has 104 valence electrons. The molecular weight excluding hydrogens is 262 g/mol. The maximum absolute atomic E-state index is 5.86. The second kappa shape index (κ2) is 5.81. The number of hydrogen-bond donors (Lipinski definition) is 1. The van der Waals surface area contributed by atoms with Gasteiger partial charge in [-0.3, -0.25) is 0 Å². The molecule has 0 radical (unpaired) electrons. The Balaban J connectivity index is 1.85. The van der Waals surface area contributed by atoms with Gasteiger partial charge >= 0.3 is 0 Å². The first-order valence-electron chi connectivity index (χ1n) is 6.17. The van der Waals surface area contributed by atoms with Gasteiger partial charge in [-0.2, -0.15) is 0 Å². The molecule has 0 aromatic carbocycles. The van der Waals surface area contributed by atoms with Crippen LogP contribution in [0.15, 0.2) is 11.4 Å². The van der Waals surface area contributed by atoms with Crippen LogP contribution in [-0.2, 0) is 16.1 Å². The molecule has 5 nitrogen and oxygen atoms in total. The van der Waals surface area contributed by atoms with E-state index in [9.17, 15) is 0 Å². The summed E-state index contributed by atoms with van der Waals surface area (Å²) in [5, 5.41) is 2.86. The monoisotopic (exact) mass is 281 g/mol. The van der Waals surface area contributed by atoms with Crippen LogP contribution >= 0.6 is 11.3 Å². The second-order valence-corrected chi connectivity index (χ2v) is 6.07. The van der Waals surface area contributed by atoms with Crippen molar-refractivity contribution in [2.45, 2.75) is 33.0 Å². The maximum Gasteiger partial charge on any atom is 0.158 e. The SMILES string of the molecule is CC(C)(C)OCCOCc1nc(N)c2ccsc2n1. The van der Waals surface area contributed by atoms with Crippen molar-refractivity contribution in [2.24, 2.45) is 0 Å². The first-order chi connectivity index (χ1) is 8.96. The summed E-state index contributed by atoms with van der Waals surface area (Å²) >= 11 is 1.55. The van der Waals surface area contributed by atoms with Crippen molar-refractivity contribution in [3.63, 3.8) is 0 Å². The molecule has 0 fully saturated rings. The van der Waals surface area contributed by atoms with Gasteiger partial charge in [-0.15, -0.1) is 11.3 Å². The average Bonchev–Trinajstić information content (AvgIpc) is 2.75. The molecule has 2 aromatic rings. The lowest BCUT2D eigenvalue weighted by Crippen LogP contribution is -2.21. The van der Waals surface area contributed by atoms with Crippen LogP contribution in [0.2, 0.25) is 0 Å². The van der Waals surface area contributed by atoms with Gasteiger partial charge in [0.05, 0.1) is 24.2 Å². The van der Waals surface area contributed by atoms with Gasteiger partial charge in [-0.05, 0) is 32.2 Å². The van der Waals surface area contributed by atoms with E-state index in [0.29, 0.717) is 31.5 Å². The summed E-state index contributed by atoms with van der Waals surface area (Å²) in [4.78, 5) is 9.53. The van der Waals surface area contributed by atoms with Gasteiger partial charge in [-0.25, -0.2) is 9.97 Å². The fourth-order valence-corrected chi connectivity index (χ4v) is 2.35. The summed E-state index contributed by atoms with van der Waals surface area (Å²) in [5.74, 6) is 1.12. The molecule has 0 spiro atoms. The van der Waals surface area contributed by atoms with Crippen LogP contribution in [0.25, 0.3) is 10.2 Å². The molecule has 0 unspecified atom stereocenters. The summed E-state index contributed by atoms with van der Waals surface area (Å²) in [6, 6.07) is 1.93. The Morgan fingerprint density at radius 1 is 1.26 bits per heavy atom. The largest absolute Gasteiger partial charge is 0.383 e. The minimum absolute atomic E-state index is 0.139. The quantitative estimate of drug-likeness (QED) is 0.853. The van der Waals surface area contributed by atoms with Gasteiger partial charge in [0.2, 0.25) is 0 Å². The molecule has 2 aromatic heterocycles. The number of ether oxygens (including phenoxy) is 2. The highest BCUT2D eigenvalue weighted by atomic mass is 32.1. The van der Waals surface area contributed by atoms with Crippen molar-refractivity contribution in [1.29, 1.82) is 0 Å². The molecule has 2 heterocycles. The molecule has 2 N–H and O–H groups in total. The first-order valence-corrected chi connectivity index (χ1v) is 7.05. The molecular formula is C13H19N3O2S. The highest BCUT2D eigenvalue weighted by Crippen LogP contribution is 2.22. The number of rotatable bonds is 5. The lowest BCUT2D eigenvalue weighted by atomic mass is 10.2. The van der Waals surface area contributed by atoms with Gasteiger partial charge in [0.15, 0.2) is 5.82 Å². The molecule has 0 saturated heterocycles. The van der Waals surface area contributed by atoms with E-state index in [1.165, 1.54) is 0 Å². The maximum atomic E-state index is 5.86. The molecule has 0 aliphatic heterocycles. The lowest BCUT2D eigenvalue weighted by molar-refractivity contribution is -0.0383. The Morgan fingerprint density at radius 3 is 2.79 bits per heavy atom. The van der Waals surface area contributed by atoms with Crippen LogP contribution in [-0.4, -0.2) is 28.8 Å². The van der Waals surface area contributed by atoms with Crippen molar-refractivity contribution in [3.8, 4) is 0 Å². The average molecular weight is 281 g/mol. The molecule has 0 aliphatic rings. The van der Waals surface area contributed by atoms with Crippen LogP contribution in [0.4, 0.5) is 5.82 Å². The smallest absolute Gasteiger partial charge is 0.158 e. The fraction of sp³-hybridized carbons (Fsp3) is 0.538. The number of nitrogens with two attached hydrogens (primary N) is 1. The molecule has 6 heteroatoms. The van der Waals surface area contributed by atoms with E-state index >= 15 is 0 Å². The van der Waals surface area contributed by atoms with E-state index in [1.807, 2.05) is 32.2 Å². The van der Waals surface area contributed by atoms with E-state index in [1.54, 1.807) is 11.3 Å². The number of hydrogen-bond acceptors (Lipinski definition) is 6. The molecule has 2 rings (SSSR count). The van der Waals surface area contributed by atoms with Crippen molar-refractivity contribution >= 4 is 27.4 Å². The van der Waals surface area contributed by atoms with Gasteiger partial charge < -0.3 is 15.2 Å². The minimum atomic E-state index is -0.139. The molecule has 0 amide bonds. The lowest BCUT2D eigenvalue weighted by Gasteiger charge is -2.19. The fourth-order valence-electron chi connectivity index (χ4n) is 1.56. The van der Waals surface area contributed by atoms with Crippen LogP contribution < -0.4 is 5.73 Å². The van der Waals surface area contributed by atoms with Gasteiger partial charge in [0, 0.05) is 0 Å². The third kappa shape index (κ3) is 4.12. The van der Waals surface area contributed by atoms with E-state index in [4.69, 9.17) is 15.2 Å². The Labute approximate surface area is 116 Å². The zero-order valence-electron chi connectivity index (χ0n) is 11.5. The van der Waals surface area contributed by atoms with E-state index in [-0.39, 0.29) is 5.60 Å². The number of thiophene rings is 1. The highest BCUT2D eigenvalue weighted by Gasteiger charge is 2.10. The molecule has 0 bridgehead atoms. The normalized spacial score (nSPS) is 12.2. The summed E-state index contributed by atoms with van der Waals surface area (Å²) < 4.78 is 11.1. The third-order valence-electron chi connectivity index (χ3n) is 2.39. The summed E-state index contributed by atoms with van der Waals surface area (Å²) in [6.45, 7) is 7.47. The Kier molecular flexibility index (Phi) is 4.34. The number of fused-ring (bicyclic) bond motifs is 1. The van der Waals surface area contributed by atoms with Crippen LogP contribution in [0, 0.1) is 0 Å². The molecule has 0 atom stereocenters. The van der Waals surface area contributed by atoms with Gasteiger partial charge in [0.1, 0.15) is 17.3 Å². The van der Waals surface area contributed by atoms with E-state index in [0.717, 1.165) is 10.2 Å². The first kappa shape index (κ1) is 14.2. The Morgan fingerprint density at radius 2 is 2.05 bits per heavy atom. The van der Waals surface area contributed by atoms with Crippen molar-refractivity contribution in [2.75, 3.05) is 18.9 Å². The zero-order chi connectivity index (χ0) is 13.9. The zero-order valence-corrected chi connectivity index (χ0v) is 12.3. The highest BCUT2D eigenvalue weighted by molar-refractivity contribution is 7.16. The standard InChI is InChI=1S/C13H19N3O2S/c1-13(2,3)18-6-5-17-8-10-15-11(14)9-4-7-19-12(9)16-10/h4,7H,5-6,8H2,1-3H3,(H2,14,15,16). The Bertz CT molecular complexity index is 548. The number of nitrogen functional groups attached to an aromatic ring is 1. The van der Waals surface area contributed by atoms with Gasteiger partial charge in [-0.1, -0.05) is 0 Å². The van der Waals surface area contributed by atoms with Crippen molar-refractivity contribution in [3.05, 3.63) is 17.3 Å². The molecule has 19 heavy (non-hydrogen) atoms. The van der Waals surface area contributed by atoms with Crippen LogP contribution in [0.1, 0.15) is 26.6 Å². The third-order valence-corrected chi connectivity index (χ3v) is 3.20. The predicted octanol–water partition coefficient (Wildman–Crippen LogP) is 2.61. The second-order valence-electron chi connectivity index (χ2n) is 5.18. The predicted molar refractivity (Wildman–Crippen MR) is 77.2 cm³/mol. The van der Waals surface area contributed by atoms with Crippen molar-refractivity contribution in [1.82, 2.24) is 9.97 Å². The summed E-state index contributed by atoms with van der Waals surface area (Å²) in [7, 11) is 0. The van der Waals surface area contributed by atoms with Gasteiger partial charge in [0.25, 0.3) is 0 Å². The Hall–Kier alpha value is -1.24. The van der Waals surface area contributed by atoms with Crippen LogP contribution in [0.5, 0.6) is 0 Å². The van der Waals surface area contributed by atoms with Crippen molar-refractivity contribution < 1.29 is 9.47 Å². The number of aromatic nitrogens is 2. The topological polar surface area (TPSA) is 70.3 Å². The molecule has 0 aliphatic carbocycles.